The Morgan fingerprint density at radius 1 is 1.37 bits per heavy atom. The molecule has 1 heterocycles. The summed E-state index contributed by atoms with van der Waals surface area (Å²) in [4.78, 5) is 27.0. The molecule has 2 aromatic rings. The van der Waals surface area contributed by atoms with Gasteiger partial charge in [-0.25, -0.2) is 4.98 Å². The summed E-state index contributed by atoms with van der Waals surface area (Å²) in [5, 5.41) is 14.2. The largest absolute Gasteiger partial charge is 0.315 e. The zero-order valence-electron chi connectivity index (χ0n) is 10.3. The molecule has 1 aromatic carbocycles. The van der Waals surface area contributed by atoms with E-state index in [0.717, 1.165) is 5.01 Å². The first-order valence-electron chi connectivity index (χ1n) is 5.48. The number of carbonyl (C=O) groups excluding carboxylic acids is 1. The number of amides is 1. The number of para-hydroxylation sites is 2. The highest BCUT2D eigenvalue weighted by Crippen LogP contribution is 2.25. The van der Waals surface area contributed by atoms with Crippen LogP contribution in [-0.2, 0) is 0 Å². The lowest BCUT2D eigenvalue weighted by molar-refractivity contribution is -0.383. The summed E-state index contributed by atoms with van der Waals surface area (Å²) < 4.78 is 0. The molecule has 0 aliphatic heterocycles. The Morgan fingerprint density at radius 3 is 2.63 bits per heavy atom. The van der Waals surface area contributed by atoms with Crippen LogP contribution in [0.25, 0.3) is 0 Å². The van der Waals surface area contributed by atoms with Gasteiger partial charge in [0.1, 0.15) is 10.6 Å². The number of nitrogens with zero attached hydrogens (tertiary/aromatic N) is 2. The summed E-state index contributed by atoms with van der Waals surface area (Å²) in [6, 6.07) is 6.03. The molecule has 0 bridgehead atoms. The summed E-state index contributed by atoms with van der Waals surface area (Å²) in [6.45, 7) is 3.54. The number of rotatable bonds is 3. The Kier molecular flexibility index (Phi) is 3.57. The summed E-state index contributed by atoms with van der Waals surface area (Å²) in [5.41, 5.74) is 0.677. The van der Waals surface area contributed by atoms with E-state index in [1.54, 1.807) is 26.0 Å². The van der Waals surface area contributed by atoms with Crippen LogP contribution in [0, 0.1) is 24.0 Å². The number of hydrogen-bond donors (Lipinski definition) is 1. The third-order valence-electron chi connectivity index (χ3n) is 2.46. The van der Waals surface area contributed by atoms with Gasteiger partial charge in [0.15, 0.2) is 0 Å². The minimum absolute atomic E-state index is 0.130. The molecule has 1 aromatic heterocycles. The lowest BCUT2D eigenvalue weighted by atomic mass is 10.2. The zero-order chi connectivity index (χ0) is 14.0. The van der Waals surface area contributed by atoms with Gasteiger partial charge in [0.25, 0.3) is 11.6 Å². The predicted molar refractivity (Wildman–Crippen MR) is 72.6 cm³/mol. The lowest BCUT2D eigenvalue weighted by Crippen LogP contribution is -2.12. The monoisotopic (exact) mass is 277 g/mol. The van der Waals surface area contributed by atoms with Crippen molar-refractivity contribution >= 4 is 28.6 Å². The molecule has 0 saturated carbocycles. The van der Waals surface area contributed by atoms with Gasteiger partial charge in [0, 0.05) is 6.07 Å². The fourth-order valence-electron chi connectivity index (χ4n) is 1.66. The van der Waals surface area contributed by atoms with Crippen molar-refractivity contribution in [2.24, 2.45) is 0 Å². The highest BCUT2D eigenvalue weighted by atomic mass is 32.1. The molecule has 0 unspecified atom stereocenters. The molecule has 19 heavy (non-hydrogen) atoms. The van der Waals surface area contributed by atoms with Gasteiger partial charge in [0.2, 0.25) is 0 Å². The highest BCUT2D eigenvalue weighted by molar-refractivity contribution is 7.13. The highest BCUT2D eigenvalue weighted by Gasteiger charge is 2.18. The molecular weight excluding hydrogens is 266 g/mol. The maximum atomic E-state index is 12.1. The van der Waals surface area contributed by atoms with E-state index in [1.165, 1.54) is 23.5 Å². The summed E-state index contributed by atoms with van der Waals surface area (Å²) in [7, 11) is 0. The maximum absolute atomic E-state index is 12.1. The second kappa shape index (κ2) is 5.15. The van der Waals surface area contributed by atoms with E-state index in [9.17, 15) is 14.9 Å². The smallest absolute Gasteiger partial charge is 0.292 e. The van der Waals surface area contributed by atoms with Crippen molar-refractivity contribution in [1.29, 1.82) is 0 Å². The van der Waals surface area contributed by atoms with Crippen molar-refractivity contribution in [1.82, 2.24) is 4.98 Å². The number of hydrogen-bond acceptors (Lipinski definition) is 5. The SMILES string of the molecule is Cc1nc(C)c(C(=O)Nc2ccccc2[N+](=O)[O-])s1. The first-order chi connectivity index (χ1) is 8.99. The number of anilines is 1. The number of benzene rings is 1. The minimum atomic E-state index is -0.527. The van der Waals surface area contributed by atoms with E-state index >= 15 is 0 Å². The summed E-state index contributed by atoms with van der Waals surface area (Å²) in [5.74, 6) is -0.377. The average molecular weight is 277 g/mol. The second-order valence-corrected chi connectivity index (χ2v) is 5.08. The van der Waals surface area contributed by atoms with E-state index in [1.807, 2.05) is 0 Å². The van der Waals surface area contributed by atoms with Crippen molar-refractivity contribution in [3.63, 3.8) is 0 Å². The van der Waals surface area contributed by atoms with Gasteiger partial charge in [-0.2, -0.15) is 0 Å². The Morgan fingerprint density at radius 2 is 2.05 bits per heavy atom. The average Bonchev–Trinajstić information content (AvgIpc) is 2.69. The standard InChI is InChI=1S/C12H11N3O3S/c1-7-11(19-8(2)13-7)12(16)14-9-5-3-4-6-10(9)15(17)18/h3-6H,1-2H3,(H,14,16). The van der Waals surface area contributed by atoms with E-state index in [4.69, 9.17) is 0 Å². The number of thiazole rings is 1. The van der Waals surface area contributed by atoms with E-state index in [0.29, 0.717) is 10.6 Å². The van der Waals surface area contributed by atoms with Crippen LogP contribution in [-0.4, -0.2) is 15.8 Å². The molecule has 2 rings (SSSR count). The first-order valence-corrected chi connectivity index (χ1v) is 6.29. The Labute approximate surface area is 113 Å². The molecule has 1 N–H and O–H groups in total. The van der Waals surface area contributed by atoms with Crippen LogP contribution in [0.4, 0.5) is 11.4 Å². The third kappa shape index (κ3) is 2.76. The maximum Gasteiger partial charge on any atom is 0.292 e. The fourth-order valence-corrected chi connectivity index (χ4v) is 2.47. The number of nitrogens with one attached hydrogen (secondary N) is 1. The van der Waals surface area contributed by atoms with Crippen molar-refractivity contribution in [2.45, 2.75) is 13.8 Å². The molecule has 98 valence electrons. The molecular formula is C12H11N3O3S. The molecule has 0 radical (unpaired) electrons. The third-order valence-corrected chi connectivity index (χ3v) is 3.53. The Bertz CT molecular complexity index is 651. The van der Waals surface area contributed by atoms with Crippen molar-refractivity contribution < 1.29 is 9.72 Å². The first kappa shape index (κ1) is 13.2. The molecule has 0 fully saturated rings. The number of nitro groups is 1. The molecule has 6 nitrogen and oxygen atoms in total. The van der Waals surface area contributed by atoms with E-state index in [2.05, 4.69) is 10.3 Å². The van der Waals surface area contributed by atoms with Crippen molar-refractivity contribution in [2.75, 3.05) is 5.32 Å². The quantitative estimate of drug-likeness (QED) is 0.690. The van der Waals surface area contributed by atoms with Crippen molar-refractivity contribution in [3.8, 4) is 0 Å². The molecule has 1 amide bonds. The van der Waals surface area contributed by atoms with Gasteiger partial charge in [-0.15, -0.1) is 11.3 Å². The molecule has 0 aliphatic carbocycles. The lowest BCUT2D eigenvalue weighted by Gasteiger charge is -2.04. The molecule has 7 heteroatoms. The Hall–Kier alpha value is -2.28. The van der Waals surface area contributed by atoms with Crippen molar-refractivity contribution in [3.05, 3.63) is 50.0 Å². The molecule has 0 saturated heterocycles. The fraction of sp³-hybridized carbons (Fsp3) is 0.167. The van der Waals surface area contributed by atoms with Crippen LogP contribution < -0.4 is 5.32 Å². The topological polar surface area (TPSA) is 85.1 Å². The van der Waals surface area contributed by atoms with Crippen LogP contribution in [0.15, 0.2) is 24.3 Å². The summed E-state index contributed by atoms with van der Waals surface area (Å²) in [6.07, 6.45) is 0. The van der Waals surface area contributed by atoms with Crippen LogP contribution >= 0.6 is 11.3 Å². The Balaban J connectivity index is 2.29. The van der Waals surface area contributed by atoms with E-state index in [-0.39, 0.29) is 17.3 Å². The molecule has 0 atom stereocenters. The number of nitro benzene ring substituents is 1. The second-order valence-electron chi connectivity index (χ2n) is 3.88. The van der Waals surface area contributed by atoms with Crippen LogP contribution in [0.5, 0.6) is 0 Å². The molecule has 0 spiro atoms. The number of aryl methyl sites for hydroxylation is 2. The zero-order valence-corrected chi connectivity index (χ0v) is 11.2. The minimum Gasteiger partial charge on any atom is -0.315 e. The van der Waals surface area contributed by atoms with Gasteiger partial charge in [-0.3, -0.25) is 14.9 Å². The van der Waals surface area contributed by atoms with Crippen LogP contribution in [0.1, 0.15) is 20.4 Å². The van der Waals surface area contributed by atoms with Gasteiger partial charge in [0.05, 0.1) is 15.6 Å². The number of carbonyl (C=O) groups is 1. The number of aromatic nitrogens is 1. The van der Waals surface area contributed by atoms with Gasteiger partial charge in [-0.05, 0) is 19.9 Å². The van der Waals surface area contributed by atoms with E-state index < -0.39 is 4.92 Å². The van der Waals surface area contributed by atoms with Crippen LogP contribution in [0.2, 0.25) is 0 Å². The van der Waals surface area contributed by atoms with Gasteiger partial charge >= 0.3 is 0 Å². The molecule has 0 aliphatic rings. The normalized spacial score (nSPS) is 10.2. The van der Waals surface area contributed by atoms with Gasteiger partial charge in [-0.1, -0.05) is 12.1 Å². The van der Waals surface area contributed by atoms with Gasteiger partial charge < -0.3 is 5.32 Å². The summed E-state index contributed by atoms with van der Waals surface area (Å²) >= 11 is 1.26. The predicted octanol–water partition coefficient (Wildman–Crippen LogP) is 2.92. The van der Waals surface area contributed by atoms with Crippen LogP contribution in [0.3, 0.4) is 0 Å².